The SMILES string of the molecule is O=C(O)CCC/C=C\C[C@@H]1[C@@H](N2CCOCC2)[C@H](O)C[C@@H]1OCc1ccc(-c2ccccc2)o1. The maximum atomic E-state index is 11.0. The molecule has 7 heteroatoms. The van der Waals surface area contributed by atoms with Gasteiger partial charge in [0, 0.05) is 43.5 Å². The molecule has 1 saturated carbocycles. The van der Waals surface area contributed by atoms with Crippen molar-refractivity contribution in [1.82, 2.24) is 4.90 Å². The lowest BCUT2D eigenvalue weighted by molar-refractivity contribution is -0.137. The maximum absolute atomic E-state index is 11.0. The fraction of sp³-hybridized carbons (Fsp3) is 0.519. The molecule has 0 bridgehead atoms. The zero-order valence-electron chi connectivity index (χ0n) is 19.6. The van der Waals surface area contributed by atoms with Gasteiger partial charge < -0.3 is 24.1 Å². The average molecular weight is 470 g/mol. The highest BCUT2D eigenvalue weighted by Gasteiger charge is 2.45. The van der Waals surface area contributed by atoms with Gasteiger partial charge in [-0.3, -0.25) is 9.69 Å². The summed E-state index contributed by atoms with van der Waals surface area (Å²) in [6, 6.07) is 13.9. The highest BCUT2D eigenvalue weighted by atomic mass is 16.5. The normalized spacial score (nSPS) is 25.8. The van der Waals surface area contributed by atoms with Crippen LogP contribution in [0.3, 0.4) is 0 Å². The van der Waals surface area contributed by atoms with Crippen LogP contribution >= 0.6 is 0 Å². The van der Waals surface area contributed by atoms with Crippen molar-refractivity contribution in [2.24, 2.45) is 5.92 Å². The van der Waals surface area contributed by atoms with Crippen molar-refractivity contribution in [1.29, 1.82) is 0 Å². The second-order valence-corrected chi connectivity index (χ2v) is 9.08. The van der Waals surface area contributed by atoms with E-state index < -0.39 is 12.1 Å². The summed E-state index contributed by atoms with van der Waals surface area (Å²) in [6.07, 6.45) is 6.56. The molecule has 1 aliphatic heterocycles. The predicted molar refractivity (Wildman–Crippen MR) is 128 cm³/mol. The fourth-order valence-electron chi connectivity index (χ4n) is 5.07. The van der Waals surface area contributed by atoms with Gasteiger partial charge in [0.25, 0.3) is 0 Å². The summed E-state index contributed by atoms with van der Waals surface area (Å²) in [4.78, 5) is 13.1. The molecule has 2 heterocycles. The van der Waals surface area contributed by atoms with Crippen molar-refractivity contribution < 1.29 is 28.9 Å². The van der Waals surface area contributed by atoms with E-state index in [2.05, 4.69) is 17.1 Å². The van der Waals surface area contributed by atoms with Gasteiger partial charge in [-0.15, -0.1) is 0 Å². The lowest BCUT2D eigenvalue weighted by Crippen LogP contribution is -2.50. The second-order valence-electron chi connectivity index (χ2n) is 9.08. The van der Waals surface area contributed by atoms with Crippen molar-refractivity contribution in [2.75, 3.05) is 26.3 Å². The Kier molecular flexibility index (Phi) is 8.93. The number of aliphatic carboxylic acids is 1. The number of hydrogen-bond acceptors (Lipinski definition) is 6. The van der Waals surface area contributed by atoms with Crippen LogP contribution in [0.5, 0.6) is 0 Å². The van der Waals surface area contributed by atoms with Crippen molar-refractivity contribution in [3.05, 3.63) is 60.4 Å². The van der Waals surface area contributed by atoms with Crippen LogP contribution < -0.4 is 0 Å². The van der Waals surface area contributed by atoms with Crippen LogP contribution in [-0.4, -0.2) is 65.6 Å². The topological polar surface area (TPSA) is 92.4 Å². The molecule has 1 aliphatic carbocycles. The summed E-state index contributed by atoms with van der Waals surface area (Å²) in [5.74, 6) is 0.970. The number of ether oxygens (including phenoxy) is 2. The molecule has 2 aromatic rings. The van der Waals surface area contributed by atoms with Gasteiger partial charge in [-0.05, 0) is 31.4 Å². The van der Waals surface area contributed by atoms with Gasteiger partial charge in [0.2, 0.25) is 0 Å². The molecule has 2 aliphatic rings. The van der Waals surface area contributed by atoms with Crippen molar-refractivity contribution in [3.63, 3.8) is 0 Å². The second kappa shape index (κ2) is 12.3. The Bertz CT molecular complexity index is 920. The van der Waals surface area contributed by atoms with Crippen molar-refractivity contribution in [2.45, 2.75) is 57.0 Å². The third-order valence-corrected chi connectivity index (χ3v) is 6.75. The first-order valence-electron chi connectivity index (χ1n) is 12.2. The van der Waals surface area contributed by atoms with Crippen LogP contribution in [0.25, 0.3) is 11.3 Å². The van der Waals surface area contributed by atoms with Crippen molar-refractivity contribution in [3.8, 4) is 11.3 Å². The largest absolute Gasteiger partial charge is 0.481 e. The molecule has 4 atom stereocenters. The Hall–Kier alpha value is -2.45. The van der Waals surface area contributed by atoms with Gasteiger partial charge in [0.05, 0.1) is 25.4 Å². The third kappa shape index (κ3) is 6.57. The predicted octanol–water partition coefficient (Wildman–Crippen LogP) is 4.11. The van der Waals surface area contributed by atoms with E-state index in [1.54, 1.807) is 0 Å². The van der Waals surface area contributed by atoms with Crippen LogP contribution in [0.15, 0.2) is 59.0 Å². The number of hydrogen-bond donors (Lipinski definition) is 2. The van der Waals surface area contributed by atoms with Crippen LogP contribution in [0.1, 0.15) is 37.9 Å². The average Bonchev–Trinajstić information content (AvgIpc) is 3.45. The van der Waals surface area contributed by atoms with Gasteiger partial charge in [-0.1, -0.05) is 42.5 Å². The molecule has 0 unspecified atom stereocenters. The van der Waals surface area contributed by atoms with Gasteiger partial charge in [0.15, 0.2) is 0 Å². The Labute approximate surface area is 201 Å². The Morgan fingerprint density at radius 3 is 2.68 bits per heavy atom. The van der Waals surface area contributed by atoms with Crippen LogP contribution in [0.4, 0.5) is 0 Å². The molecule has 2 fully saturated rings. The lowest BCUT2D eigenvalue weighted by atomic mass is 9.94. The number of furan rings is 1. The molecule has 1 aromatic heterocycles. The molecule has 4 rings (SSSR count). The molecule has 0 amide bonds. The highest BCUT2D eigenvalue weighted by molar-refractivity contribution is 5.66. The monoisotopic (exact) mass is 469 g/mol. The molecule has 0 radical (unpaired) electrons. The maximum Gasteiger partial charge on any atom is 0.303 e. The molecule has 1 saturated heterocycles. The molecular weight excluding hydrogens is 434 g/mol. The van der Waals surface area contributed by atoms with E-state index in [4.69, 9.17) is 19.0 Å². The van der Waals surface area contributed by atoms with Crippen molar-refractivity contribution >= 4 is 5.97 Å². The number of nitrogens with zero attached hydrogens (tertiary/aromatic N) is 1. The van der Waals surface area contributed by atoms with E-state index in [0.717, 1.165) is 43.0 Å². The van der Waals surface area contributed by atoms with E-state index in [0.29, 0.717) is 32.7 Å². The number of unbranched alkanes of at least 4 members (excludes halogenated alkanes) is 1. The van der Waals surface area contributed by atoms with E-state index in [1.807, 2.05) is 42.5 Å². The Balaban J connectivity index is 1.39. The number of allylic oxidation sites excluding steroid dienone is 2. The van der Waals surface area contributed by atoms with E-state index in [9.17, 15) is 9.90 Å². The van der Waals surface area contributed by atoms with E-state index in [1.165, 1.54) is 0 Å². The fourth-order valence-corrected chi connectivity index (χ4v) is 5.07. The Morgan fingerprint density at radius 2 is 1.91 bits per heavy atom. The zero-order valence-corrected chi connectivity index (χ0v) is 19.6. The summed E-state index contributed by atoms with van der Waals surface area (Å²) in [5.41, 5.74) is 1.03. The number of aliphatic hydroxyl groups excluding tert-OH is 1. The summed E-state index contributed by atoms with van der Waals surface area (Å²) >= 11 is 0. The zero-order chi connectivity index (χ0) is 23.8. The van der Waals surface area contributed by atoms with E-state index in [-0.39, 0.29) is 24.5 Å². The Morgan fingerprint density at radius 1 is 1.12 bits per heavy atom. The molecular formula is C27H35NO6. The highest BCUT2D eigenvalue weighted by Crippen LogP contribution is 2.37. The summed E-state index contributed by atoms with van der Waals surface area (Å²) < 4.78 is 17.8. The standard InChI is InChI=1S/C27H35NO6/c29-23-18-25(33-19-21-12-13-24(34-21)20-8-4-3-5-9-20)22(10-6-1-2-7-11-26(30)31)27(23)28-14-16-32-17-15-28/h1,3-6,8-9,12-13,22-23,25,27,29H,2,7,10-11,14-19H2,(H,30,31)/b6-1-/t22-,23+,25-,27+/m0/s1. The number of carboxylic acid groups (broad SMARTS) is 1. The number of rotatable bonds is 11. The minimum absolute atomic E-state index is 0.0223. The minimum atomic E-state index is -0.762. The number of carboxylic acids is 1. The van der Waals surface area contributed by atoms with Crippen LogP contribution in [0, 0.1) is 5.92 Å². The van der Waals surface area contributed by atoms with Gasteiger partial charge in [-0.2, -0.15) is 0 Å². The first-order chi connectivity index (χ1) is 16.6. The van der Waals surface area contributed by atoms with Gasteiger partial charge in [0.1, 0.15) is 18.1 Å². The molecule has 2 N–H and O–H groups in total. The summed E-state index contributed by atoms with van der Waals surface area (Å²) in [6.45, 7) is 3.35. The minimum Gasteiger partial charge on any atom is -0.481 e. The third-order valence-electron chi connectivity index (χ3n) is 6.75. The first kappa shape index (κ1) is 24.7. The lowest BCUT2D eigenvalue weighted by Gasteiger charge is -2.37. The first-order valence-corrected chi connectivity index (χ1v) is 12.2. The molecule has 1 aromatic carbocycles. The summed E-state index contributed by atoms with van der Waals surface area (Å²) in [7, 11) is 0. The van der Waals surface area contributed by atoms with Gasteiger partial charge >= 0.3 is 5.97 Å². The smallest absolute Gasteiger partial charge is 0.303 e. The summed E-state index contributed by atoms with van der Waals surface area (Å²) in [5, 5.41) is 19.8. The number of carbonyl (C=O) groups is 1. The number of benzene rings is 1. The van der Waals surface area contributed by atoms with Crippen LogP contribution in [-0.2, 0) is 20.9 Å². The molecule has 184 valence electrons. The molecule has 0 spiro atoms. The quantitative estimate of drug-likeness (QED) is 0.378. The molecule has 7 nitrogen and oxygen atoms in total. The number of morpholine rings is 1. The van der Waals surface area contributed by atoms with E-state index >= 15 is 0 Å². The van der Waals surface area contributed by atoms with Gasteiger partial charge in [-0.25, -0.2) is 0 Å². The molecule has 34 heavy (non-hydrogen) atoms. The van der Waals surface area contributed by atoms with Crippen LogP contribution in [0.2, 0.25) is 0 Å². The number of aliphatic hydroxyl groups is 1.